The molecule has 0 unspecified atom stereocenters. The Labute approximate surface area is 145 Å². The Kier molecular flexibility index (Phi) is 4.57. The van der Waals surface area contributed by atoms with Gasteiger partial charge in [-0.1, -0.05) is 42.4 Å². The van der Waals surface area contributed by atoms with Gasteiger partial charge in [0.25, 0.3) is 0 Å². The van der Waals surface area contributed by atoms with Crippen LogP contribution in [0.4, 0.5) is 0 Å². The molecule has 0 bridgehead atoms. The van der Waals surface area contributed by atoms with Gasteiger partial charge in [0.05, 0.1) is 12.6 Å². The molecule has 0 radical (unpaired) electrons. The average molecular weight is 347 g/mol. The van der Waals surface area contributed by atoms with Crippen LogP contribution in [0.15, 0.2) is 47.0 Å². The number of carbonyl (C=O) groups is 1. The number of halogens is 1. The molecule has 126 valence electrons. The van der Waals surface area contributed by atoms with Gasteiger partial charge in [-0.3, -0.25) is 9.36 Å². The minimum absolute atomic E-state index is 0.0522. The molecule has 3 rings (SSSR count). The van der Waals surface area contributed by atoms with E-state index < -0.39 is 0 Å². The highest BCUT2D eigenvalue weighted by Crippen LogP contribution is 2.36. The number of aryl methyl sites for hydroxylation is 2. The van der Waals surface area contributed by atoms with E-state index in [1.54, 1.807) is 11.9 Å². The second-order valence-corrected chi connectivity index (χ2v) is 6.51. The van der Waals surface area contributed by atoms with E-state index in [1.165, 1.54) is 16.5 Å². The second kappa shape index (κ2) is 6.65. The number of fused-ring (bicyclic) bond motifs is 1. The first kappa shape index (κ1) is 16.5. The summed E-state index contributed by atoms with van der Waals surface area (Å²) in [6.45, 7) is 3.86. The van der Waals surface area contributed by atoms with Crippen LogP contribution in [-0.4, -0.2) is 31.7 Å². The molecule has 1 aliphatic rings. The van der Waals surface area contributed by atoms with Crippen LogP contribution in [0.5, 0.6) is 0 Å². The SMILES string of the molecule is C=C(Cl)CN(C(=O)Cn1ncn(C)c1=O)[C@@H]1CCc2ccccc21. The molecule has 0 saturated heterocycles. The fourth-order valence-electron chi connectivity index (χ4n) is 3.16. The molecule has 1 heterocycles. The van der Waals surface area contributed by atoms with E-state index >= 15 is 0 Å². The van der Waals surface area contributed by atoms with Gasteiger partial charge in [-0.05, 0) is 24.0 Å². The van der Waals surface area contributed by atoms with Crippen molar-refractivity contribution in [3.63, 3.8) is 0 Å². The lowest BCUT2D eigenvalue weighted by Gasteiger charge is -2.29. The zero-order chi connectivity index (χ0) is 17.3. The normalized spacial score (nSPS) is 16.0. The molecule has 0 fully saturated rings. The summed E-state index contributed by atoms with van der Waals surface area (Å²) in [6, 6.07) is 8.04. The molecule has 6 nitrogen and oxygen atoms in total. The lowest BCUT2D eigenvalue weighted by Crippen LogP contribution is -2.39. The highest BCUT2D eigenvalue weighted by atomic mass is 35.5. The fraction of sp³-hybridized carbons (Fsp3) is 0.353. The van der Waals surface area contributed by atoms with E-state index in [9.17, 15) is 9.59 Å². The van der Waals surface area contributed by atoms with Crippen molar-refractivity contribution in [2.24, 2.45) is 7.05 Å². The summed E-state index contributed by atoms with van der Waals surface area (Å²) in [6.07, 6.45) is 3.15. The van der Waals surface area contributed by atoms with E-state index in [0.29, 0.717) is 5.03 Å². The molecule has 7 heteroatoms. The van der Waals surface area contributed by atoms with Crippen molar-refractivity contribution >= 4 is 17.5 Å². The highest BCUT2D eigenvalue weighted by Gasteiger charge is 2.31. The number of hydrogen-bond acceptors (Lipinski definition) is 3. The molecule has 1 aromatic carbocycles. The Morgan fingerprint density at radius 2 is 2.21 bits per heavy atom. The molecule has 24 heavy (non-hydrogen) atoms. The number of rotatable bonds is 5. The van der Waals surface area contributed by atoms with Crippen molar-refractivity contribution in [1.29, 1.82) is 0 Å². The Balaban J connectivity index is 1.87. The van der Waals surface area contributed by atoms with Gasteiger partial charge in [-0.2, -0.15) is 5.10 Å². The lowest BCUT2D eigenvalue weighted by atomic mass is 10.1. The largest absolute Gasteiger partial charge is 0.345 e. The van der Waals surface area contributed by atoms with E-state index in [2.05, 4.69) is 17.7 Å². The standard InChI is InChI=1S/C17H19ClN4O2/c1-12(18)9-21(15-8-7-13-5-3-4-6-14(13)15)16(23)10-22-17(24)20(2)11-19-22/h3-6,11,15H,1,7-10H2,2H3/t15-/m1/s1. The second-order valence-electron chi connectivity index (χ2n) is 5.97. The van der Waals surface area contributed by atoms with Crippen LogP contribution in [-0.2, 0) is 24.8 Å². The first-order valence-electron chi connectivity index (χ1n) is 7.76. The van der Waals surface area contributed by atoms with Crippen LogP contribution in [0, 0.1) is 0 Å². The number of aromatic nitrogens is 3. The van der Waals surface area contributed by atoms with E-state index in [0.717, 1.165) is 23.1 Å². The van der Waals surface area contributed by atoms with Crippen LogP contribution in [0.1, 0.15) is 23.6 Å². The van der Waals surface area contributed by atoms with Crippen molar-refractivity contribution in [3.8, 4) is 0 Å². The van der Waals surface area contributed by atoms with Gasteiger partial charge in [-0.25, -0.2) is 9.48 Å². The predicted octanol–water partition coefficient (Wildman–Crippen LogP) is 1.85. The molecular weight excluding hydrogens is 328 g/mol. The zero-order valence-electron chi connectivity index (χ0n) is 13.5. The average Bonchev–Trinajstić information content (AvgIpc) is 3.11. The topological polar surface area (TPSA) is 60.1 Å². The Hall–Kier alpha value is -2.34. The number of carbonyl (C=O) groups excluding carboxylic acids is 1. The molecule has 2 aromatic rings. The van der Waals surface area contributed by atoms with Gasteiger partial charge in [0.1, 0.15) is 12.9 Å². The number of benzene rings is 1. The molecule has 1 aliphatic carbocycles. The summed E-state index contributed by atoms with van der Waals surface area (Å²) in [5, 5.41) is 4.34. The van der Waals surface area contributed by atoms with Gasteiger partial charge in [0.2, 0.25) is 5.91 Å². The molecule has 0 spiro atoms. The van der Waals surface area contributed by atoms with Gasteiger partial charge < -0.3 is 4.90 Å². The van der Waals surface area contributed by atoms with Crippen LogP contribution in [0.25, 0.3) is 0 Å². The third kappa shape index (κ3) is 3.14. The first-order valence-corrected chi connectivity index (χ1v) is 8.14. The Bertz CT molecular complexity index is 839. The monoisotopic (exact) mass is 346 g/mol. The summed E-state index contributed by atoms with van der Waals surface area (Å²) in [5.41, 5.74) is 2.06. The van der Waals surface area contributed by atoms with Crippen LogP contribution >= 0.6 is 11.6 Å². The molecule has 1 aromatic heterocycles. The fourth-order valence-corrected chi connectivity index (χ4v) is 3.29. The summed E-state index contributed by atoms with van der Waals surface area (Å²) in [7, 11) is 1.60. The van der Waals surface area contributed by atoms with Crippen molar-refractivity contribution in [2.75, 3.05) is 6.54 Å². The molecule has 1 amide bonds. The van der Waals surface area contributed by atoms with Crippen molar-refractivity contribution in [3.05, 3.63) is 63.8 Å². The van der Waals surface area contributed by atoms with Crippen molar-refractivity contribution < 1.29 is 4.79 Å². The quantitative estimate of drug-likeness (QED) is 0.830. The Morgan fingerprint density at radius 3 is 2.88 bits per heavy atom. The minimum Gasteiger partial charge on any atom is -0.329 e. The maximum absolute atomic E-state index is 12.8. The molecule has 1 atom stereocenters. The smallest absolute Gasteiger partial charge is 0.329 e. The summed E-state index contributed by atoms with van der Waals surface area (Å²) in [4.78, 5) is 26.4. The van der Waals surface area contributed by atoms with E-state index in [4.69, 9.17) is 11.6 Å². The number of hydrogen-bond donors (Lipinski definition) is 0. The maximum atomic E-state index is 12.8. The van der Waals surface area contributed by atoms with Gasteiger partial charge in [-0.15, -0.1) is 0 Å². The summed E-state index contributed by atoms with van der Waals surface area (Å²) < 4.78 is 2.50. The first-order chi connectivity index (χ1) is 11.5. The summed E-state index contributed by atoms with van der Waals surface area (Å²) in [5.74, 6) is -0.195. The Morgan fingerprint density at radius 1 is 1.46 bits per heavy atom. The maximum Gasteiger partial charge on any atom is 0.345 e. The molecule has 0 saturated carbocycles. The third-order valence-electron chi connectivity index (χ3n) is 4.31. The van der Waals surface area contributed by atoms with Crippen LogP contribution < -0.4 is 5.69 Å². The van der Waals surface area contributed by atoms with Gasteiger partial charge in [0.15, 0.2) is 0 Å². The van der Waals surface area contributed by atoms with Gasteiger partial charge >= 0.3 is 5.69 Å². The lowest BCUT2D eigenvalue weighted by molar-refractivity contribution is -0.134. The van der Waals surface area contributed by atoms with E-state index in [1.807, 2.05) is 18.2 Å². The number of nitrogens with zero attached hydrogens (tertiary/aromatic N) is 4. The van der Waals surface area contributed by atoms with Crippen molar-refractivity contribution in [1.82, 2.24) is 19.2 Å². The number of amides is 1. The van der Waals surface area contributed by atoms with E-state index in [-0.39, 0.29) is 30.7 Å². The third-order valence-corrected chi connectivity index (χ3v) is 4.43. The predicted molar refractivity (Wildman–Crippen MR) is 91.7 cm³/mol. The van der Waals surface area contributed by atoms with Crippen LogP contribution in [0.2, 0.25) is 0 Å². The summed E-state index contributed by atoms with van der Waals surface area (Å²) >= 11 is 5.98. The highest BCUT2D eigenvalue weighted by molar-refractivity contribution is 6.29. The molecule has 0 aliphatic heterocycles. The van der Waals surface area contributed by atoms with Gasteiger partial charge in [0, 0.05) is 12.1 Å². The molecular formula is C17H19ClN4O2. The molecule has 0 N–H and O–H groups in total. The van der Waals surface area contributed by atoms with Crippen LogP contribution in [0.3, 0.4) is 0 Å². The van der Waals surface area contributed by atoms with Crippen molar-refractivity contribution in [2.45, 2.75) is 25.4 Å². The minimum atomic E-state index is -0.320. The zero-order valence-corrected chi connectivity index (χ0v) is 14.2.